The van der Waals surface area contributed by atoms with Crippen LogP contribution in [0, 0.1) is 0 Å². The molecule has 1 aliphatic heterocycles. The predicted octanol–water partition coefficient (Wildman–Crippen LogP) is 3.91. The van der Waals surface area contributed by atoms with Crippen LogP contribution >= 0.6 is 0 Å². The molecule has 1 unspecified atom stereocenters. The highest BCUT2D eigenvalue weighted by molar-refractivity contribution is 5.79. The molecule has 28 heavy (non-hydrogen) atoms. The van der Waals surface area contributed by atoms with Crippen LogP contribution < -0.4 is 0 Å². The third kappa shape index (κ3) is 6.77. The zero-order chi connectivity index (χ0) is 20.4. The number of likely N-dealkylation sites (tertiary alicyclic amines) is 1. The molecule has 1 saturated heterocycles. The number of rotatable bonds is 6. The van der Waals surface area contributed by atoms with Gasteiger partial charge in [0.2, 0.25) is 5.91 Å². The van der Waals surface area contributed by atoms with Gasteiger partial charge in [-0.2, -0.15) is 0 Å². The van der Waals surface area contributed by atoms with Crippen molar-refractivity contribution in [1.29, 1.82) is 0 Å². The van der Waals surface area contributed by atoms with Gasteiger partial charge >= 0.3 is 0 Å². The Labute approximate surface area is 169 Å². The van der Waals surface area contributed by atoms with E-state index in [1.54, 1.807) is 0 Å². The van der Waals surface area contributed by atoms with Crippen LogP contribution in [0.4, 0.5) is 0 Å². The molecule has 2 aromatic carbocycles. The van der Waals surface area contributed by atoms with Crippen LogP contribution in [0.25, 0.3) is 0 Å². The van der Waals surface area contributed by atoms with Gasteiger partial charge in [-0.1, -0.05) is 80.9 Å². The average Bonchev–Trinajstić information content (AvgIpc) is 3.12. The Hall–Kier alpha value is -2.17. The highest BCUT2D eigenvalue weighted by atomic mass is 16.3. The van der Waals surface area contributed by atoms with Crippen molar-refractivity contribution in [2.45, 2.75) is 45.3 Å². The average molecular weight is 383 g/mol. The molecule has 1 fully saturated rings. The fraction of sp³-hybridized carbons (Fsp3) is 0.458. The van der Waals surface area contributed by atoms with Gasteiger partial charge in [0.05, 0.1) is 18.6 Å². The second-order valence-electron chi connectivity index (χ2n) is 7.50. The minimum atomic E-state index is -0.248. The van der Waals surface area contributed by atoms with E-state index >= 15 is 0 Å². The predicted molar refractivity (Wildman–Crippen MR) is 115 cm³/mol. The zero-order valence-corrected chi connectivity index (χ0v) is 17.4. The number of hydrogen-bond donors (Lipinski definition) is 1. The molecule has 4 nitrogen and oxygen atoms in total. The van der Waals surface area contributed by atoms with E-state index in [2.05, 4.69) is 30.9 Å². The quantitative estimate of drug-likeness (QED) is 0.824. The van der Waals surface area contributed by atoms with Crippen molar-refractivity contribution in [3.63, 3.8) is 0 Å². The monoisotopic (exact) mass is 382 g/mol. The number of β-amino-alcohol motifs (C(OH)–C–C–N with tert-alkyl or cyclic N) is 1. The Morgan fingerprint density at radius 3 is 2.21 bits per heavy atom. The van der Waals surface area contributed by atoms with Crippen molar-refractivity contribution >= 4 is 5.91 Å². The molecule has 4 heteroatoms. The van der Waals surface area contributed by atoms with Crippen LogP contribution in [0.2, 0.25) is 0 Å². The van der Waals surface area contributed by atoms with Crippen LogP contribution in [0.3, 0.4) is 0 Å². The lowest BCUT2D eigenvalue weighted by Crippen LogP contribution is -2.39. The van der Waals surface area contributed by atoms with E-state index in [4.69, 9.17) is 0 Å². The zero-order valence-electron chi connectivity index (χ0n) is 17.4. The van der Waals surface area contributed by atoms with E-state index in [1.807, 2.05) is 60.5 Å². The minimum Gasteiger partial charge on any atom is -0.392 e. The summed E-state index contributed by atoms with van der Waals surface area (Å²) in [6.07, 6.45) is 2.22. The van der Waals surface area contributed by atoms with E-state index in [0.29, 0.717) is 13.0 Å². The van der Waals surface area contributed by atoms with Gasteiger partial charge in [-0.3, -0.25) is 9.69 Å². The summed E-state index contributed by atoms with van der Waals surface area (Å²) in [7, 11) is 1.88. The van der Waals surface area contributed by atoms with Gasteiger partial charge in [-0.05, 0) is 17.5 Å². The van der Waals surface area contributed by atoms with Crippen LogP contribution in [-0.4, -0.2) is 53.6 Å². The highest BCUT2D eigenvalue weighted by Gasteiger charge is 2.27. The third-order valence-corrected chi connectivity index (χ3v) is 4.92. The SMILES string of the molecule is CCC.CN(C(=O)Cc1ccccc1)C(CN1CC[C@H](O)C1)c1ccccc1. The number of amides is 1. The van der Waals surface area contributed by atoms with Crippen molar-refractivity contribution in [2.75, 3.05) is 26.7 Å². The Morgan fingerprint density at radius 2 is 1.68 bits per heavy atom. The number of aliphatic hydroxyl groups is 1. The summed E-state index contributed by atoms with van der Waals surface area (Å²) in [5.41, 5.74) is 2.16. The smallest absolute Gasteiger partial charge is 0.227 e. The van der Waals surface area contributed by atoms with E-state index in [0.717, 1.165) is 30.6 Å². The van der Waals surface area contributed by atoms with Gasteiger partial charge in [0.1, 0.15) is 0 Å². The Kier molecular flexibility index (Phi) is 9.18. The van der Waals surface area contributed by atoms with E-state index < -0.39 is 0 Å². The van der Waals surface area contributed by atoms with Crippen molar-refractivity contribution < 1.29 is 9.90 Å². The number of nitrogens with zero attached hydrogens (tertiary/aromatic N) is 2. The molecule has 2 atom stereocenters. The van der Waals surface area contributed by atoms with Crippen LogP contribution in [-0.2, 0) is 11.2 Å². The molecule has 1 heterocycles. The highest BCUT2D eigenvalue weighted by Crippen LogP contribution is 2.23. The molecule has 152 valence electrons. The van der Waals surface area contributed by atoms with Crippen molar-refractivity contribution in [2.24, 2.45) is 0 Å². The summed E-state index contributed by atoms with van der Waals surface area (Å²) in [4.78, 5) is 16.9. The number of likely N-dealkylation sites (N-methyl/N-ethyl adjacent to an activating group) is 1. The maximum Gasteiger partial charge on any atom is 0.227 e. The van der Waals surface area contributed by atoms with Crippen LogP contribution in [0.5, 0.6) is 0 Å². The fourth-order valence-corrected chi connectivity index (χ4v) is 3.42. The molecule has 3 rings (SSSR count). The topological polar surface area (TPSA) is 43.8 Å². The second kappa shape index (κ2) is 11.6. The lowest BCUT2D eigenvalue weighted by Gasteiger charge is -2.32. The summed E-state index contributed by atoms with van der Waals surface area (Å²) in [5, 5.41) is 9.80. The molecule has 0 aliphatic carbocycles. The lowest BCUT2D eigenvalue weighted by molar-refractivity contribution is -0.131. The van der Waals surface area contributed by atoms with E-state index in [9.17, 15) is 9.90 Å². The largest absolute Gasteiger partial charge is 0.392 e. The molecule has 1 amide bonds. The molecular formula is C24H34N2O2. The first-order valence-corrected chi connectivity index (χ1v) is 10.3. The van der Waals surface area contributed by atoms with E-state index in [-0.39, 0.29) is 18.1 Å². The number of hydrogen-bond acceptors (Lipinski definition) is 3. The number of benzene rings is 2. The minimum absolute atomic E-state index is 0.0114. The van der Waals surface area contributed by atoms with Gasteiger partial charge in [0.25, 0.3) is 0 Å². The Balaban J connectivity index is 0.000000878. The number of carbonyl (C=O) groups is 1. The van der Waals surface area contributed by atoms with Crippen molar-refractivity contribution in [3.8, 4) is 0 Å². The van der Waals surface area contributed by atoms with Gasteiger partial charge in [0, 0.05) is 26.7 Å². The first-order valence-electron chi connectivity index (χ1n) is 10.3. The lowest BCUT2D eigenvalue weighted by atomic mass is 10.0. The molecule has 1 aliphatic rings. The normalized spacial score (nSPS) is 17.5. The second-order valence-corrected chi connectivity index (χ2v) is 7.50. The summed E-state index contributed by atoms with van der Waals surface area (Å²) in [6.45, 7) is 6.56. The molecule has 0 saturated carbocycles. The molecule has 0 aromatic heterocycles. The number of carbonyl (C=O) groups excluding carboxylic acids is 1. The first kappa shape index (κ1) is 22.1. The molecule has 2 aromatic rings. The molecular weight excluding hydrogens is 348 g/mol. The maximum atomic E-state index is 12.8. The summed E-state index contributed by atoms with van der Waals surface area (Å²) in [6, 6.07) is 20.0. The summed E-state index contributed by atoms with van der Waals surface area (Å²) >= 11 is 0. The summed E-state index contributed by atoms with van der Waals surface area (Å²) < 4.78 is 0. The number of aliphatic hydroxyl groups excluding tert-OH is 1. The maximum absolute atomic E-state index is 12.8. The third-order valence-electron chi connectivity index (χ3n) is 4.92. The Morgan fingerprint density at radius 1 is 1.11 bits per heavy atom. The molecule has 0 radical (unpaired) electrons. The Bertz CT molecular complexity index is 690. The summed E-state index contributed by atoms with van der Waals surface area (Å²) in [5.74, 6) is 0.111. The fourth-order valence-electron chi connectivity index (χ4n) is 3.42. The first-order chi connectivity index (χ1) is 13.5. The molecule has 1 N–H and O–H groups in total. The van der Waals surface area contributed by atoms with Crippen molar-refractivity contribution in [3.05, 3.63) is 71.8 Å². The van der Waals surface area contributed by atoms with Crippen LogP contribution in [0.1, 0.15) is 43.9 Å². The molecule has 0 bridgehead atoms. The van der Waals surface area contributed by atoms with Gasteiger partial charge in [0.15, 0.2) is 0 Å². The van der Waals surface area contributed by atoms with Gasteiger partial charge in [-0.25, -0.2) is 0 Å². The standard InChI is InChI=1S/C21H26N2O2.C3H8/c1-22(21(25)14-17-8-4-2-5-9-17)20(18-10-6-3-7-11-18)16-23-13-12-19(24)15-23;1-3-2/h2-11,19-20,24H,12-16H2,1H3;3H2,1-2H3/t19-,20?;/m0./s1. The van der Waals surface area contributed by atoms with Gasteiger partial charge < -0.3 is 10.0 Å². The van der Waals surface area contributed by atoms with Crippen molar-refractivity contribution in [1.82, 2.24) is 9.80 Å². The molecule has 0 spiro atoms. The van der Waals surface area contributed by atoms with E-state index in [1.165, 1.54) is 6.42 Å². The van der Waals surface area contributed by atoms with Crippen LogP contribution in [0.15, 0.2) is 60.7 Å². The van der Waals surface area contributed by atoms with Gasteiger partial charge in [-0.15, -0.1) is 0 Å².